The minimum Gasteiger partial charge on any atom is -0.323 e. The molecule has 0 aliphatic rings. The smallest absolute Gasteiger partial charge is 0.0397 e. The van der Waals surface area contributed by atoms with Crippen LogP contribution in [-0.4, -0.2) is 10.7 Å². The number of hydrogen-bond donors (Lipinski definition) is 1. The molecule has 100 valence electrons. The average molecular weight is 280 g/mol. The van der Waals surface area contributed by atoms with Crippen molar-refractivity contribution in [3.8, 4) is 0 Å². The molecule has 1 aromatic heterocycles. The van der Waals surface area contributed by atoms with Crippen LogP contribution in [0.25, 0.3) is 10.8 Å². The number of nitrogens with zero attached hydrogens (tertiary/aromatic N) is 1. The summed E-state index contributed by atoms with van der Waals surface area (Å²) >= 11 is 1.79. The first kappa shape index (κ1) is 13.2. The first-order valence-electron chi connectivity index (χ1n) is 6.60. The molecule has 0 aliphatic carbocycles. The van der Waals surface area contributed by atoms with Gasteiger partial charge < -0.3 is 5.73 Å². The molecule has 2 aromatic carbocycles. The van der Waals surface area contributed by atoms with Crippen LogP contribution in [0.2, 0.25) is 0 Å². The fourth-order valence-corrected chi connectivity index (χ4v) is 3.15. The molecule has 0 radical (unpaired) electrons. The van der Waals surface area contributed by atoms with Crippen molar-refractivity contribution in [1.82, 2.24) is 4.98 Å². The normalized spacial score (nSPS) is 12.4. The lowest BCUT2D eigenvalue weighted by molar-refractivity contribution is 0.839. The molecular formula is C17H16N2S. The van der Waals surface area contributed by atoms with Crippen LogP contribution in [0.3, 0.4) is 0 Å². The fraction of sp³-hybridized carbons (Fsp3) is 0.118. The van der Waals surface area contributed by atoms with Crippen molar-refractivity contribution in [1.29, 1.82) is 0 Å². The maximum atomic E-state index is 6.36. The monoisotopic (exact) mass is 280 g/mol. The van der Waals surface area contributed by atoms with Gasteiger partial charge in [-0.2, -0.15) is 0 Å². The van der Waals surface area contributed by atoms with Gasteiger partial charge in [-0.1, -0.05) is 36.4 Å². The highest BCUT2D eigenvalue weighted by Gasteiger charge is 2.10. The van der Waals surface area contributed by atoms with Crippen LogP contribution >= 0.6 is 11.8 Å². The maximum Gasteiger partial charge on any atom is 0.0397 e. The van der Waals surface area contributed by atoms with Gasteiger partial charge in [0.25, 0.3) is 0 Å². The second-order valence-electron chi connectivity index (χ2n) is 4.67. The Morgan fingerprint density at radius 2 is 1.85 bits per heavy atom. The van der Waals surface area contributed by atoms with Crippen molar-refractivity contribution in [2.75, 3.05) is 5.75 Å². The molecule has 0 spiro atoms. The van der Waals surface area contributed by atoms with E-state index in [1.54, 1.807) is 11.8 Å². The Labute approximate surface area is 123 Å². The molecule has 3 heteroatoms. The van der Waals surface area contributed by atoms with Crippen LogP contribution in [0.1, 0.15) is 11.6 Å². The largest absolute Gasteiger partial charge is 0.323 e. The molecule has 1 atom stereocenters. The highest BCUT2D eigenvalue weighted by Crippen LogP contribution is 2.27. The lowest BCUT2D eigenvalue weighted by Gasteiger charge is -2.14. The van der Waals surface area contributed by atoms with Gasteiger partial charge in [-0.15, -0.1) is 11.8 Å². The van der Waals surface area contributed by atoms with Crippen molar-refractivity contribution < 1.29 is 0 Å². The third-order valence-electron chi connectivity index (χ3n) is 3.29. The van der Waals surface area contributed by atoms with E-state index >= 15 is 0 Å². The van der Waals surface area contributed by atoms with Crippen LogP contribution in [0.5, 0.6) is 0 Å². The highest BCUT2D eigenvalue weighted by atomic mass is 32.2. The predicted molar refractivity (Wildman–Crippen MR) is 85.8 cm³/mol. The standard InChI is InChI=1S/C17H16N2S/c18-17(12-20-14-6-2-1-3-7-14)15-8-4-5-13-9-10-19-11-16(13)15/h1-11,17H,12,18H2. The van der Waals surface area contributed by atoms with E-state index in [4.69, 9.17) is 5.73 Å². The van der Waals surface area contributed by atoms with Gasteiger partial charge in [0.2, 0.25) is 0 Å². The highest BCUT2D eigenvalue weighted by molar-refractivity contribution is 7.99. The van der Waals surface area contributed by atoms with Gasteiger partial charge >= 0.3 is 0 Å². The number of nitrogens with two attached hydrogens (primary N) is 1. The first-order valence-corrected chi connectivity index (χ1v) is 7.59. The number of thioether (sulfide) groups is 1. The van der Waals surface area contributed by atoms with Crippen LogP contribution in [0.15, 0.2) is 71.9 Å². The molecule has 0 saturated carbocycles. The molecule has 3 rings (SSSR count). The van der Waals surface area contributed by atoms with Gasteiger partial charge in [0, 0.05) is 34.5 Å². The molecular weight excluding hydrogens is 264 g/mol. The average Bonchev–Trinajstić information content (AvgIpc) is 2.53. The van der Waals surface area contributed by atoms with Crippen LogP contribution in [-0.2, 0) is 0 Å². The summed E-state index contributed by atoms with van der Waals surface area (Å²) < 4.78 is 0. The Morgan fingerprint density at radius 3 is 2.70 bits per heavy atom. The van der Waals surface area contributed by atoms with E-state index in [0.29, 0.717) is 0 Å². The summed E-state index contributed by atoms with van der Waals surface area (Å²) in [4.78, 5) is 5.46. The Kier molecular flexibility index (Phi) is 4.00. The zero-order valence-corrected chi connectivity index (χ0v) is 11.9. The molecule has 0 bridgehead atoms. The van der Waals surface area contributed by atoms with E-state index in [1.807, 2.05) is 24.5 Å². The molecule has 0 fully saturated rings. The Morgan fingerprint density at radius 1 is 1.00 bits per heavy atom. The first-order chi connectivity index (χ1) is 9.84. The molecule has 1 heterocycles. The summed E-state index contributed by atoms with van der Waals surface area (Å²) in [6.45, 7) is 0. The van der Waals surface area contributed by atoms with Crippen LogP contribution < -0.4 is 5.73 Å². The second kappa shape index (κ2) is 6.07. The van der Waals surface area contributed by atoms with E-state index < -0.39 is 0 Å². The molecule has 2 nitrogen and oxygen atoms in total. The van der Waals surface area contributed by atoms with E-state index in [2.05, 4.69) is 47.4 Å². The van der Waals surface area contributed by atoms with Crippen LogP contribution in [0, 0.1) is 0 Å². The summed E-state index contributed by atoms with van der Waals surface area (Å²) in [6.07, 6.45) is 3.72. The van der Waals surface area contributed by atoms with Crippen LogP contribution in [0.4, 0.5) is 0 Å². The second-order valence-corrected chi connectivity index (χ2v) is 5.77. The SMILES string of the molecule is NC(CSc1ccccc1)c1cccc2ccncc12. The molecule has 0 saturated heterocycles. The van der Waals surface area contributed by atoms with E-state index in [-0.39, 0.29) is 6.04 Å². The summed E-state index contributed by atoms with van der Waals surface area (Å²) in [5, 5.41) is 2.34. The minimum absolute atomic E-state index is 0.00751. The third kappa shape index (κ3) is 2.84. The van der Waals surface area contributed by atoms with Gasteiger partial charge in [-0.3, -0.25) is 4.98 Å². The lowest BCUT2D eigenvalue weighted by atomic mass is 10.0. The van der Waals surface area contributed by atoms with E-state index in [1.165, 1.54) is 15.8 Å². The van der Waals surface area contributed by atoms with Gasteiger partial charge in [0.1, 0.15) is 0 Å². The number of aromatic nitrogens is 1. The topological polar surface area (TPSA) is 38.9 Å². The zero-order chi connectivity index (χ0) is 13.8. The Balaban J connectivity index is 1.80. The lowest BCUT2D eigenvalue weighted by Crippen LogP contribution is -2.13. The maximum absolute atomic E-state index is 6.36. The van der Waals surface area contributed by atoms with Crippen molar-refractivity contribution in [2.45, 2.75) is 10.9 Å². The van der Waals surface area contributed by atoms with E-state index in [9.17, 15) is 0 Å². The number of rotatable bonds is 4. The van der Waals surface area contributed by atoms with E-state index in [0.717, 1.165) is 11.1 Å². The zero-order valence-electron chi connectivity index (χ0n) is 11.1. The van der Waals surface area contributed by atoms with Gasteiger partial charge in [-0.05, 0) is 29.1 Å². The number of fused-ring (bicyclic) bond motifs is 1. The van der Waals surface area contributed by atoms with Gasteiger partial charge in [0.05, 0.1) is 0 Å². The summed E-state index contributed by atoms with van der Waals surface area (Å²) in [5.74, 6) is 0.859. The Hall–Kier alpha value is -1.84. The molecule has 0 amide bonds. The third-order valence-corrected chi connectivity index (χ3v) is 4.42. The van der Waals surface area contributed by atoms with Crippen molar-refractivity contribution in [3.05, 3.63) is 72.6 Å². The van der Waals surface area contributed by atoms with Gasteiger partial charge in [0.15, 0.2) is 0 Å². The number of benzene rings is 2. The molecule has 3 aromatic rings. The molecule has 2 N–H and O–H groups in total. The number of hydrogen-bond acceptors (Lipinski definition) is 3. The summed E-state index contributed by atoms with van der Waals surface area (Å²) in [7, 11) is 0. The minimum atomic E-state index is 0.00751. The predicted octanol–water partition coefficient (Wildman–Crippen LogP) is 4.03. The summed E-state index contributed by atoms with van der Waals surface area (Å²) in [6, 6.07) is 18.6. The van der Waals surface area contributed by atoms with Crippen molar-refractivity contribution in [3.63, 3.8) is 0 Å². The van der Waals surface area contributed by atoms with Gasteiger partial charge in [-0.25, -0.2) is 0 Å². The quantitative estimate of drug-likeness (QED) is 0.733. The fourth-order valence-electron chi connectivity index (χ4n) is 2.25. The number of pyridine rings is 1. The summed E-state index contributed by atoms with van der Waals surface area (Å²) in [5.41, 5.74) is 7.53. The molecule has 0 aliphatic heterocycles. The molecule has 20 heavy (non-hydrogen) atoms. The van der Waals surface area contributed by atoms with Crippen molar-refractivity contribution >= 4 is 22.5 Å². The van der Waals surface area contributed by atoms with Crippen molar-refractivity contribution in [2.24, 2.45) is 5.73 Å². The molecule has 1 unspecified atom stereocenters. The Bertz CT molecular complexity index is 692.